The quantitative estimate of drug-likeness (QED) is 0.636. The Kier molecular flexibility index (Phi) is 3.76. The van der Waals surface area contributed by atoms with Crippen molar-refractivity contribution in [2.24, 2.45) is 28.6 Å². The summed E-state index contributed by atoms with van der Waals surface area (Å²) in [4.78, 5) is 11.0. The van der Waals surface area contributed by atoms with Crippen LogP contribution in [0, 0.1) is 28.6 Å². The van der Waals surface area contributed by atoms with E-state index >= 15 is 0 Å². The Labute approximate surface area is 144 Å². The van der Waals surface area contributed by atoms with E-state index in [0.717, 1.165) is 38.5 Å². The van der Waals surface area contributed by atoms with Gasteiger partial charge in [0.2, 0.25) is 0 Å². The van der Waals surface area contributed by atoms with E-state index in [1.807, 2.05) is 0 Å². The van der Waals surface area contributed by atoms with E-state index in [-0.39, 0.29) is 23.0 Å². The number of carbonyl (C=O) groups is 1. The molecule has 2 unspecified atom stereocenters. The largest absolute Gasteiger partial charge is 0.465 e. The van der Waals surface area contributed by atoms with Crippen LogP contribution in [-0.4, -0.2) is 28.5 Å². The minimum Gasteiger partial charge on any atom is -0.465 e. The van der Waals surface area contributed by atoms with E-state index in [1.54, 1.807) is 0 Å². The van der Waals surface area contributed by atoms with E-state index in [2.05, 4.69) is 25.2 Å². The van der Waals surface area contributed by atoms with Crippen molar-refractivity contribution in [3.63, 3.8) is 0 Å². The van der Waals surface area contributed by atoms with Crippen LogP contribution < -0.4 is 5.32 Å². The third-order valence-corrected chi connectivity index (χ3v) is 8.38. The molecule has 3 saturated carbocycles. The second-order valence-corrected chi connectivity index (χ2v) is 9.29. The summed E-state index contributed by atoms with van der Waals surface area (Å²) in [7, 11) is 0. The Bertz CT molecular complexity index is 573. The molecule has 0 aliphatic heterocycles. The number of carboxylic acid groups (broad SMARTS) is 1. The topological polar surface area (TPSA) is 69.6 Å². The van der Waals surface area contributed by atoms with Crippen LogP contribution >= 0.6 is 0 Å². The maximum absolute atomic E-state index is 11.0. The molecule has 0 bridgehead atoms. The third-order valence-electron chi connectivity index (χ3n) is 8.38. The Hall–Kier alpha value is -1.03. The molecule has 0 aromatic carbocycles. The minimum atomic E-state index is -0.897. The summed E-state index contributed by atoms with van der Waals surface area (Å²) in [6, 6.07) is 0.0838. The highest BCUT2D eigenvalue weighted by molar-refractivity contribution is 5.65. The molecule has 4 nitrogen and oxygen atoms in total. The van der Waals surface area contributed by atoms with Gasteiger partial charge in [0.1, 0.15) is 0 Å². The number of aliphatic hydroxyl groups is 1. The van der Waals surface area contributed by atoms with Crippen molar-refractivity contribution < 1.29 is 15.0 Å². The van der Waals surface area contributed by atoms with Crippen molar-refractivity contribution in [2.75, 3.05) is 0 Å². The van der Waals surface area contributed by atoms with Gasteiger partial charge >= 0.3 is 6.09 Å². The number of fused-ring (bicyclic) bond motifs is 5. The molecular formula is C20H31NO3. The molecule has 3 N–H and O–H groups in total. The van der Waals surface area contributed by atoms with Crippen molar-refractivity contribution >= 4 is 6.09 Å². The number of hydrogen-bond donors (Lipinski definition) is 3. The highest BCUT2D eigenvalue weighted by Gasteiger charge is 2.58. The number of hydrogen-bond acceptors (Lipinski definition) is 2. The van der Waals surface area contributed by atoms with Crippen molar-refractivity contribution in [1.29, 1.82) is 0 Å². The minimum absolute atomic E-state index is 0.0838. The molecule has 0 aromatic heterocycles. The second kappa shape index (κ2) is 5.48. The fourth-order valence-corrected chi connectivity index (χ4v) is 6.93. The lowest BCUT2D eigenvalue weighted by molar-refractivity contribution is -0.0670. The first kappa shape index (κ1) is 16.4. The molecule has 0 spiro atoms. The molecule has 1 amide bonds. The standard InChI is InChI=1S/C20H31NO3/c1-19-9-7-13(21-18(23)24)11-12(19)3-4-14-15-5-6-17(22)20(15,2)10-8-16(14)19/h3,13-17,21-22H,4-11H2,1-2H3,(H,23,24)/t13?,14-,15-,16+,17?,19-,20-/m0/s1. The van der Waals surface area contributed by atoms with Gasteiger partial charge in [0.25, 0.3) is 0 Å². The van der Waals surface area contributed by atoms with Gasteiger partial charge in [-0.3, -0.25) is 0 Å². The van der Waals surface area contributed by atoms with Crippen LogP contribution in [0.2, 0.25) is 0 Å². The van der Waals surface area contributed by atoms with Crippen LogP contribution in [0.5, 0.6) is 0 Å². The van der Waals surface area contributed by atoms with Gasteiger partial charge < -0.3 is 15.5 Å². The maximum Gasteiger partial charge on any atom is 0.404 e. The van der Waals surface area contributed by atoms with E-state index in [1.165, 1.54) is 18.4 Å². The number of amides is 1. The fraction of sp³-hybridized carbons (Fsp3) is 0.850. The van der Waals surface area contributed by atoms with Crippen LogP contribution in [0.25, 0.3) is 0 Å². The van der Waals surface area contributed by atoms with E-state index < -0.39 is 6.09 Å². The average molecular weight is 333 g/mol. The lowest BCUT2D eigenvalue weighted by Gasteiger charge is -2.57. The smallest absolute Gasteiger partial charge is 0.404 e. The Balaban J connectivity index is 1.59. The molecule has 0 heterocycles. The third kappa shape index (κ3) is 2.25. The summed E-state index contributed by atoms with van der Waals surface area (Å²) in [6.45, 7) is 4.75. The summed E-state index contributed by atoms with van der Waals surface area (Å²) in [5.41, 5.74) is 1.87. The predicted molar refractivity (Wildman–Crippen MR) is 92.7 cm³/mol. The van der Waals surface area contributed by atoms with Crippen LogP contribution in [0.1, 0.15) is 65.2 Å². The van der Waals surface area contributed by atoms with Crippen LogP contribution in [-0.2, 0) is 0 Å². The molecule has 7 atom stereocenters. The number of allylic oxidation sites excluding steroid dienone is 1. The zero-order valence-electron chi connectivity index (χ0n) is 14.9. The first-order chi connectivity index (χ1) is 11.3. The van der Waals surface area contributed by atoms with Crippen molar-refractivity contribution in [3.05, 3.63) is 11.6 Å². The van der Waals surface area contributed by atoms with Crippen LogP contribution in [0.3, 0.4) is 0 Å². The first-order valence-corrected chi connectivity index (χ1v) is 9.71. The molecule has 0 saturated heterocycles. The zero-order valence-corrected chi connectivity index (χ0v) is 14.9. The molecule has 4 aliphatic carbocycles. The van der Waals surface area contributed by atoms with Gasteiger partial charge in [0.15, 0.2) is 0 Å². The van der Waals surface area contributed by atoms with Gasteiger partial charge in [0.05, 0.1) is 6.10 Å². The lowest BCUT2D eigenvalue weighted by atomic mass is 9.48. The molecule has 0 aromatic rings. The summed E-state index contributed by atoms with van der Waals surface area (Å²) in [6.07, 6.45) is 10.0. The highest BCUT2D eigenvalue weighted by atomic mass is 16.4. The molecule has 24 heavy (non-hydrogen) atoms. The highest BCUT2D eigenvalue weighted by Crippen LogP contribution is 2.64. The molecule has 134 valence electrons. The van der Waals surface area contributed by atoms with Crippen molar-refractivity contribution in [1.82, 2.24) is 5.32 Å². The molecule has 3 fully saturated rings. The predicted octanol–water partition coefficient (Wildman–Crippen LogP) is 3.95. The van der Waals surface area contributed by atoms with Gasteiger partial charge in [-0.1, -0.05) is 25.5 Å². The summed E-state index contributed by atoms with van der Waals surface area (Å²) in [5.74, 6) is 2.08. The molecule has 4 heteroatoms. The summed E-state index contributed by atoms with van der Waals surface area (Å²) < 4.78 is 0. The normalized spacial score (nSPS) is 50.3. The fourth-order valence-electron chi connectivity index (χ4n) is 6.93. The van der Waals surface area contributed by atoms with Gasteiger partial charge in [-0.15, -0.1) is 0 Å². The SMILES string of the molecule is C[C@]12CCC(NC(=O)O)CC1=CC[C@@H]1[C@H]2CC[C@]2(C)C(O)CC[C@@H]12. The second-order valence-electron chi connectivity index (χ2n) is 9.29. The lowest BCUT2D eigenvalue weighted by Crippen LogP contribution is -2.52. The van der Waals surface area contributed by atoms with E-state index in [4.69, 9.17) is 5.11 Å². The number of rotatable bonds is 1. The maximum atomic E-state index is 11.0. The average Bonchev–Trinajstić information content (AvgIpc) is 2.83. The van der Waals surface area contributed by atoms with Crippen LogP contribution in [0.15, 0.2) is 11.6 Å². The monoisotopic (exact) mass is 333 g/mol. The van der Waals surface area contributed by atoms with E-state index in [9.17, 15) is 9.90 Å². The van der Waals surface area contributed by atoms with Crippen molar-refractivity contribution in [2.45, 2.75) is 77.4 Å². The number of aliphatic hydroxyl groups excluding tert-OH is 1. The van der Waals surface area contributed by atoms with Gasteiger partial charge in [-0.25, -0.2) is 4.79 Å². The van der Waals surface area contributed by atoms with Gasteiger partial charge in [-0.05, 0) is 80.0 Å². The summed E-state index contributed by atoms with van der Waals surface area (Å²) >= 11 is 0. The van der Waals surface area contributed by atoms with Crippen LogP contribution in [0.4, 0.5) is 4.79 Å². The van der Waals surface area contributed by atoms with E-state index in [0.29, 0.717) is 17.8 Å². The molecular weight excluding hydrogens is 302 g/mol. The molecule has 4 aliphatic rings. The Morgan fingerprint density at radius 2 is 1.96 bits per heavy atom. The Morgan fingerprint density at radius 3 is 2.71 bits per heavy atom. The van der Waals surface area contributed by atoms with Gasteiger partial charge in [0, 0.05) is 6.04 Å². The zero-order chi connectivity index (χ0) is 17.1. The molecule has 0 radical (unpaired) electrons. The Morgan fingerprint density at radius 1 is 1.17 bits per heavy atom. The molecule has 4 rings (SSSR count). The first-order valence-electron chi connectivity index (χ1n) is 9.71. The van der Waals surface area contributed by atoms with Gasteiger partial charge in [-0.2, -0.15) is 0 Å². The number of nitrogens with one attached hydrogen (secondary N) is 1. The summed E-state index contributed by atoms with van der Waals surface area (Å²) in [5, 5.41) is 22.2. The van der Waals surface area contributed by atoms with Crippen molar-refractivity contribution in [3.8, 4) is 0 Å².